The number of nitrogens with one attached hydrogen (secondary N) is 2. The lowest BCUT2D eigenvalue weighted by Gasteiger charge is -2.32. The van der Waals surface area contributed by atoms with Crippen molar-refractivity contribution in [1.82, 2.24) is 39.5 Å². The van der Waals surface area contributed by atoms with Crippen molar-refractivity contribution < 1.29 is 9.59 Å². The minimum atomic E-state index is -0.111. The molecule has 4 fully saturated rings. The zero-order chi connectivity index (χ0) is 35.1. The molecule has 10 heteroatoms. The standard InChI is InChI=1S/C41H48N8O2/c1-27-23-37(49(26-27)41(51)32-16-21-47(3)22-17-32)39-43-33-13-10-29(24-34(33)44-39)7-6-28-8-11-30(12-9-28)35-25-42-38(45-35)36-5-4-18-48(36)40(50)31-14-19-46(2)20-15-31/h8-13,24-25,31-32,36-37H,1,4-5,14-23,26H2,2-3H3,(H,42,45)(H,43,44)/t36-,37-/m0/s1. The van der Waals surface area contributed by atoms with Gasteiger partial charge >= 0.3 is 0 Å². The lowest BCUT2D eigenvalue weighted by molar-refractivity contribution is -0.138. The minimum Gasteiger partial charge on any atom is -0.340 e. The Morgan fingerprint density at radius 1 is 0.765 bits per heavy atom. The van der Waals surface area contributed by atoms with E-state index in [0.29, 0.717) is 12.5 Å². The second kappa shape index (κ2) is 14.1. The van der Waals surface area contributed by atoms with Gasteiger partial charge in [-0.25, -0.2) is 9.97 Å². The summed E-state index contributed by atoms with van der Waals surface area (Å²) < 4.78 is 0. The first-order chi connectivity index (χ1) is 24.8. The van der Waals surface area contributed by atoms with E-state index in [1.54, 1.807) is 0 Å². The number of aromatic amines is 2. The van der Waals surface area contributed by atoms with E-state index in [0.717, 1.165) is 128 Å². The van der Waals surface area contributed by atoms with Gasteiger partial charge in [0.15, 0.2) is 0 Å². The van der Waals surface area contributed by atoms with E-state index < -0.39 is 0 Å². The maximum Gasteiger partial charge on any atom is 0.226 e. The molecule has 2 aromatic heterocycles. The highest BCUT2D eigenvalue weighted by molar-refractivity contribution is 5.81. The molecule has 0 radical (unpaired) electrons. The summed E-state index contributed by atoms with van der Waals surface area (Å²) >= 11 is 0. The molecule has 8 rings (SSSR count). The van der Waals surface area contributed by atoms with Crippen molar-refractivity contribution in [2.45, 2.75) is 57.0 Å². The molecule has 2 atom stereocenters. The molecule has 4 aromatic rings. The van der Waals surface area contributed by atoms with Gasteiger partial charge in [-0.3, -0.25) is 9.59 Å². The number of aromatic nitrogens is 4. The number of H-pyrrole nitrogens is 2. The zero-order valence-corrected chi connectivity index (χ0v) is 29.8. The number of likely N-dealkylation sites (tertiary alicyclic amines) is 4. The number of fused-ring (bicyclic) bond motifs is 1. The molecule has 2 amide bonds. The highest BCUT2D eigenvalue weighted by atomic mass is 16.2. The zero-order valence-electron chi connectivity index (χ0n) is 29.8. The highest BCUT2D eigenvalue weighted by Gasteiger charge is 2.38. The molecular formula is C41H48N8O2. The molecule has 0 saturated carbocycles. The molecule has 4 aliphatic rings. The van der Waals surface area contributed by atoms with Crippen molar-refractivity contribution in [2.24, 2.45) is 11.8 Å². The Kier molecular flexibility index (Phi) is 9.26. The summed E-state index contributed by atoms with van der Waals surface area (Å²) in [4.78, 5) is 52.3. The maximum atomic E-state index is 13.6. The topological polar surface area (TPSA) is 104 Å². The van der Waals surface area contributed by atoms with Gasteiger partial charge in [0.2, 0.25) is 11.8 Å². The van der Waals surface area contributed by atoms with Crippen LogP contribution >= 0.6 is 0 Å². The Morgan fingerprint density at radius 2 is 1.41 bits per heavy atom. The lowest BCUT2D eigenvalue weighted by atomic mass is 9.95. The van der Waals surface area contributed by atoms with E-state index in [1.165, 1.54) is 0 Å². The number of hydrogen-bond donors (Lipinski definition) is 2. The van der Waals surface area contributed by atoms with Gasteiger partial charge in [0.25, 0.3) is 0 Å². The molecule has 4 aliphatic heterocycles. The number of nitrogens with zero attached hydrogens (tertiary/aromatic N) is 6. The molecule has 51 heavy (non-hydrogen) atoms. The second-order valence-electron chi connectivity index (χ2n) is 15.1. The predicted molar refractivity (Wildman–Crippen MR) is 198 cm³/mol. The van der Waals surface area contributed by atoms with Crippen molar-refractivity contribution in [3.8, 4) is 23.1 Å². The van der Waals surface area contributed by atoms with E-state index in [1.807, 2.05) is 41.4 Å². The molecule has 10 nitrogen and oxygen atoms in total. The van der Waals surface area contributed by atoms with Crippen LogP contribution < -0.4 is 0 Å². The number of imidazole rings is 2. The van der Waals surface area contributed by atoms with E-state index in [2.05, 4.69) is 69.3 Å². The van der Waals surface area contributed by atoms with Crippen LogP contribution in [0.25, 0.3) is 22.3 Å². The molecule has 2 aromatic carbocycles. The first-order valence-corrected chi connectivity index (χ1v) is 18.6. The largest absolute Gasteiger partial charge is 0.340 e. The van der Waals surface area contributed by atoms with Gasteiger partial charge in [-0.05, 0) is 121 Å². The van der Waals surface area contributed by atoms with Crippen LogP contribution in [0.3, 0.4) is 0 Å². The number of hydrogen-bond acceptors (Lipinski definition) is 6. The van der Waals surface area contributed by atoms with E-state index in [9.17, 15) is 9.59 Å². The fourth-order valence-corrected chi connectivity index (χ4v) is 8.36. The molecular weight excluding hydrogens is 637 g/mol. The smallest absolute Gasteiger partial charge is 0.226 e. The third-order valence-corrected chi connectivity index (χ3v) is 11.5. The van der Waals surface area contributed by atoms with Crippen molar-refractivity contribution in [2.75, 3.05) is 53.4 Å². The van der Waals surface area contributed by atoms with E-state index in [-0.39, 0.29) is 29.8 Å². The highest BCUT2D eigenvalue weighted by Crippen LogP contribution is 2.37. The average Bonchev–Trinajstić information content (AvgIpc) is 3.97. The van der Waals surface area contributed by atoms with Crippen molar-refractivity contribution >= 4 is 22.8 Å². The summed E-state index contributed by atoms with van der Waals surface area (Å²) in [5.41, 5.74) is 6.65. The van der Waals surface area contributed by atoms with E-state index in [4.69, 9.17) is 9.97 Å². The predicted octanol–water partition coefficient (Wildman–Crippen LogP) is 5.53. The van der Waals surface area contributed by atoms with Crippen LogP contribution in [-0.4, -0.2) is 105 Å². The Labute approximate surface area is 300 Å². The van der Waals surface area contributed by atoms with Gasteiger partial charge < -0.3 is 29.6 Å². The van der Waals surface area contributed by atoms with Gasteiger partial charge in [-0.15, -0.1) is 0 Å². The van der Waals surface area contributed by atoms with Crippen LogP contribution in [0.5, 0.6) is 0 Å². The monoisotopic (exact) mass is 684 g/mol. The number of rotatable bonds is 5. The Balaban J connectivity index is 0.927. The second-order valence-corrected chi connectivity index (χ2v) is 15.1. The summed E-state index contributed by atoms with van der Waals surface area (Å²) in [7, 11) is 4.25. The van der Waals surface area contributed by atoms with Gasteiger partial charge in [0.05, 0.1) is 35.0 Å². The van der Waals surface area contributed by atoms with Gasteiger partial charge in [-0.2, -0.15) is 0 Å². The fraction of sp³-hybridized carbons (Fsp3) is 0.463. The third kappa shape index (κ3) is 6.97. The first-order valence-electron chi connectivity index (χ1n) is 18.6. The summed E-state index contributed by atoms with van der Waals surface area (Å²) in [6, 6.07) is 14.1. The fourth-order valence-electron chi connectivity index (χ4n) is 8.36. The molecule has 4 saturated heterocycles. The molecule has 0 unspecified atom stereocenters. The molecule has 0 aliphatic carbocycles. The Bertz CT molecular complexity index is 1980. The number of benzene rings is 2. The Hall–Kier alpha value is -4.72. The molecule has 0 spiro atoms. The quantitative estimate of drug-likeness (QED) is 0.212. The van der Waals surface area contributed by atoms with Gasteiger partial charge in [-0.1, -0.05) is 36.1 Å². The maximum absolute atomic E-state index is 13.6. The van der Waals surface area contributed by atoms with Crippen LogP contribution in [-0.2, 0) is 9.59 Å². The van der Waals surface area contributed by atoms with Crippen molar-refractivity contribution in [3.05, 3.63) is 83.6 Å². The van der Waals surface area contributed by atoms with Crippen LogP contribution in [0, 0.1) is 23.7 Å². The molecule has 264 valence electrons. The Morgan fingerprint density at radius 3 is 2.12 bits per heavy atom. The number of amides is 2. The normalized spacial score (nSPS) is 22.5. The van der Waals surface area contributed by atoms with Gasteiger partial charge in [0.1, 0.15) is 11.6 Å². The summed E-state index contributed by atoms with van der Waals surface area (Å²) in [5.74, 6) is 9.03. The van der Waals surface area contributed by atoms with E-state index >= 15 is 0 Å². The van der Waals surface area contributed by atoms with Crippen LogP contribution in [0.1, 0.15) is 79.8 Å². The summed E-state index contributed by atoms with van der Waals surface area (Å²) in [5, 5.41) is 0. The summed E-state index contributed by atoms with van der Waals surface area (Å²) in [6.07, 6.45) is 8.25. The number of carbonyl (C=O) groups excluding carboxylic acids is 2. The van der Waals surface area contributed by atoms with Crippen molar-refractivity contribution in [3.63, 3.8) is 0 Å². The van der Waals surface area contributed by atoms with Gasteiger partial charge in [0, 0.05) is 36.1 Å². The number of carbonyl (C=O) groups is 2. The van der Waals surface area contributed by atoms with Crippen molar-refractivity contribution in [1.29, 1.82) is 0 Å². The number of piperidine rings is 2. The lowest BCUT2D eigenvalue weighted by Crippen LogP contribution is -2.41. The molecule has 0 bridgehead atoms. The molecule has 6 heterocycles. The SMILES string of the molecule is C=C1C[C@@H](c2nc3ccc(C#Cc4ccc(-c5cnc([C@@H]6CCCN6C(=O)C6CCN(C)CC6)[nH]5)cc4)cc3[nH]2)N(C(=O)C2CCN(C)CC2)C1. The summed E-state index contributed by atoms with van der Waals surface area (Å²) in [6.45, 7) is 9.53. The first kappa shape index (κ1) is 33.4. The van der Waals surface area contributed by atoms with Crippen LogP contribution in [0.4, 0.5) is 0 Å². The van der Waals surface area contributed by atoms with Crippen LogP contribution in [0.2, 0.25) is 0 Å². The third-order valence-electron chi connectivity index (χ3n) is 11.5. The minimum absolute atomic E-state index is 0.0162. The average molecular weight is 685 g/mol. The molecule has 2 N–H and O–H groups in total. The van der Waals surface area contributed by atoms with Crippen LogP contribution in [0.15, 0.2) is 60.8 Å².